The lowest BCUT2D eigenvalue weighted by atomic mass is 9.81. The number of fused-ring (bicyclic) bond motifs is 4. The maximum atomic E-state index is 4.63. The molecule has 0 aliphatic heterocycles. The number of aryl methyl sites for hydroxylation is 1. The van der Waals surface area contributed by atoms with Gasteiger partial charge in [0.15, 0.2) is 0 Å². The van der Waals surface area contributed by atoms with E-state index >= 15 is 0 Å². The molecule has 5 nitrogen and oxygen atoms in total. The van der Waals surface area contributed by atoms with Gasteiger partial charge in [-0.3, -0.25) is 9.98 Å². The average molecular weight is 780 g/mol. The molecular weight excluding hydrogens is 731 g/mol. The highest BCUT2D eigenvalue weighted by atomic mass is 15.0. The minimum atomic E-state index is 0.774. The van der Waals surface area contributed by atoms with Crippen LogP contribution in [0.3, 0.4) is 0 Å². The minimum Gasteiger partial charge on any atom is -0.354 e. The Morgan fingerprint density at radius 1 is 0.750 bits per heavy atom. The van der Waals surface area contributed by atoms with Crippen LogP contribution in [-0.4, -0.2) is 21.2 Å². The van der Waals surface area contributed by atoms with Crippen LogP contribution in [0.1, 0.15) is 55.9 Å². The molecule has 294 valence electrons. The number of anilines is 1. The van der Waals surface area contributed by atoms with Crippen molar-refractivity contribution in [1.29, 1.82) is 0 Å². The van der Waals surface area contributed by atoms with Gasteiger partial charge in [-0.2, -0.15) is 0 Å². The number of H-pyrrole nitrogens is 1. The summed E-state index contributed by atoms with van der Waals surface area (Å²) in [6.07, 6.45) is 20.9. The number of hydrogen-bond acceptors (Lipinski definition) is 4. The molecule has 0 unspecified atom stereocenters. The van der Waals surface area contributed by atoms with Crippen LogP contribution in [0.5, 0.6) is 0 Å². The quantitative estimate of drug-likeness (QED) is 0.0959. The summed E-state index contributed by atoms with van der Waals surface area (Å²) in [5, 5.41) is 5.79. The molecule has 1 aliphatic carbocycles. The molecule has 0 saturated heterocycles. The zero-order valence-electron chi connectivity index (χ0n) is 34.5. The number of aromatic amines is 1. The van der Waals surface area contributed by atoms with Gasteiger partial charge in [0.05, 0.1) is 11.4 Å². The van der Waals surface area contributed by atoms with Gasteiger partial charge in [0.25, 0.3) is 0 Å². The fourth-order valence-corrected chi connectivity index (χ4v) is 7.88. The van der Waals surface area contributed by atoms with Gasteiger partial charge in [-0.25, -0.2) is 4.98 Å². The number of nitrogens with zero attached hydrogens (tertiary/aromatic N) is 3. The molecule has 0 amide bonds. The van der Waals surface area contributed by atoms with Crippen LogP contribution in [0.15, 0.2) is 199 Å². The first-order valence-electron chi connectivity index (χ1n) is 20.6. The van der Waals surface area contributed by atoms with Crippen LogP contribution >= 0.6 is 0 Å². The highest BCUT2D eigenvalue weighted by Crippen LogP contribution is 2.40. The normalized spacial score (nSPS) is 14.8. The number of allylic oxidation sites excluding steroid dienone is 10. The van der Waals surface area contributed by atoms with Crippen molar-refractivity contribution in [2.24, 2.45) is 4.99 Å². The van der Waals surface area contributed by atoms with E-state index in [0.717, 1.165) is 80.9 Å². The fourth-order valence-electron chi connectivity index (χ4n) is 7.88. The van der Waals surface area contributed by atoms with Crippen molar-refractivity contribution in [2.45, 2.75) is 40.0 Å². The first-order chi connectivity index (χ1) is 29.4. The summed E-state index contributed by atoms with van der Waals surface area (Å²) in [5.41, 5.74) is 17.7. The van der Waals surface area contributed by atoms with Gasteiger partial charge in [-0.05, 0) is 155 Å². The zero-order valence-corrected chi connectivity index (χ0v) is 34.5. The van der Waals surface area contributed by atoms with E-state index < -0.39 is 0 Å². The Balaban J connectivity index is 1.05. The van der Waals surface area contributed by atoms with Crippen molar-refractivity contribution < 1.29 is 0 Å². The molecule has 3 heterocycles. The number of nitrogens with one attached hydrogen (secondary N) is 2. The molecule has 2 N–H and O–H groups in total. The Bertz CT molecular complexity index is 2880. The standard InChI is InChI=1S/C55H49N5/c1-6-28-56-51(8-3)41-19-15-39(16-20-41)43-25-26-53-49(34-43)50-35-46-24-23-45(47(7-2)48(46)36-54(50)60-53)33-38(5)37(4)32-44(27-31-59-55-14-10-12-30-58-55)40-17-21-42(22-18-40)52-13-9-11-29-57-52/h7-22,25-36,60H,4-6,23-24H2,1-3H3,(H,58,59)/b31-27-,44-32+,45-33-,47-7+,51-8-,56-28?. The van der Waals surface area contributed by atoms with Crippen LogP contribution in [0, 0.1) is 0 Å². The lowest BCUT2D eigenvalue weighted by Gasteiger charge is -2.23. The Morgan fingerprint density at radius 3 is 2.20 bits per heavy atom. The second-order valence-corrected chi connectivity index (χ2v) is 14.9. The number of aromatic nitrogens is 3. The summed E-state index contributed by atoms with van der Waals surface area (Å²) in [6.45, 7) is 15.3. The molecule has 0 fully saturated rings. The summed E-state index contributed by atoms with van der Waals surface area (Å²) in [7, 11) is 0. The summed E-state index contributed by atoms with van der Waals surface area (Å²) < 4.78 is 0. The number of hydrogen-bond donors (Lipinski definition) is 2. The van der Waals surface area contributed by atoms with E-state index in [2.05, 4.69) is 162 Å². The Kier molecular flexibility index (Phi) is 11.9. The molecule has 1 aliphatic rings. The lowest BCUT2D eigenvalue weighted by molar-refractivity contribution is 0.940. The van der Waals surface area contributed by atoms with Gasteiger partial charge < -0.3 is 10.3 Å². The lowest BCUT2D eigenvalue weighted by Crippen LogP contribution is -2.05. The number of benzene rings is 4. The number of pyridine rings is 2. The van der Waals surface area contributed by atoms with E-state index in [1.165, 1.54) is 44.2 Å². The van der Waals surface area contributed by atoms with E-state index in [9.17, 15) is 0 Å². The summed E-state index contributed by atoms with van der Waals surface area (Å²) in [4.78, 5) is 17.3. The van der Waals surface area contributed by atoms with Crippen molar-refractivity contribution in [3.05, 3.63) is 216 Å². The predicted molar refractivity (Wildman–Crippen MR) is 257 cm³/mol. The van der Waals surface area contributed by atoms with Crippen molar-refractivity contribution >= 4 is 50.7 Å². The molecule has 60 heavy (non-hydrogen) atoms. The Morgan fingerprint density at radius 2 is 1.48 bits per heavy atom. The molecule has 0 bridgehead atoms. The van der Waals surface area contributed by atoms with Crippen LogP contribution in [0.25, 0.3) is 61.0 Å². The highest BCUT2D eigenvalue weighted by molar-refractivity contribution is 6.10. The van der Waals surface area contributed by atoms with Crippen LogP contribution < -0.4 is 5.32 Å². The van der Waals surface area contributed by atoms with Crippen LogP contribution in [-0.2, 0) is 6.42 Å². The highest BCUT2D eigenvalue weighted by Gasteiger charge is 2.21. The number of aliphatic imine (C=N–C) groups is 1. The predicted octanol–water partition coefficient (Wildman–Crippen LogP) is 14.4. The largest absolute Gasteiger partial charge is 0.354 e. The molecule has 0 atom stereocenters. The average Bonchev–Trinajstić information content (AvgIpc) is 3.65. The van der Waals surface area contributed by atoms with Gasteiger partial charge in [-0.15, -0.1) is 0 Å². The SMILES string of the molecule is C=C(/C=C1/CCc2cc3c(cc2/C1=C/C)[nH]c1ccc(-c2ccc(/C(=C/C)N=CCC)cc2)cc13)C(=C)/C=C(\C=C/Nc1ccccn1)c1ccc(-c2ccccn2)cc1. The molecule has 0 radical (unpaired) electrons. The van der Waals surface area contributed by atoms with E-state index in [1.807, 2.05) is 61.9 Å². The zero-order chi connectivity index (χ0) is 41.4. The molecule has 8 rings (SSSR count). The van der Waals surface area contributed by atoms with E-state index in [1.54, 1.807) is 6.20 Å². The van der Waals surface area contributed by atoms with E-state index in [4.69, 9.17) is 0 Å². The van der Waals surface area contributed by atoms with Crippen LogP contribution in [0.4, 0.5) is 5.82 Å². The van der Waals surface area contributed by atoms with Gasteiger partial charge in [0.2, 0.25) is 0 Å². The van der Waals surface area contributed by atoms with Gasteiger partial charge in [0, 0.05) is 52.2 Å². The molecule has 3 aromatic heterocycles. The summed E-state index contributed by atoms with van der Waals surface area (Å²) >= 11 is 0. The summed E-state index contributed by atoms with van der Waals surface area (Å²) in [5.74, 6) is 0.774. The Hall–Kier alpha value is -7.37. The van der Waals surface area contributed by atoms with Gasteiger partial charge >= 0.3 is 0 Å². The van der Waals surface area contributed by atoms with Gasteiger partial charge in [-0.1, -0.05) is 105 Å². The Labute approximate surface area is 353 Å². The second-order valence-electron chi connectivity index (χ2n) is 14.9. The molecule has 5 heteroatoms. The molecule has 4 aromatic carbocycles. The maximum absolute atomic E-state index is 4.63. The summed E-state index contributed by atoms with van der Waals surface area (Å²) in [6, 6.07) is 40.4. The molecule has 0 saturated carbocycles. The van der Waals surface area contributed by atoms with E-state index in [-0.39, 0.29) is 0 Å². The fraction of sp³-hybridized carbons (Fsp3) is 0.109. The topological polar surface area (TPSA) is 66.0 Å². The van der Waals surface area contributed by atoms with Crippen molar-refractivity contribution in [3.8, 4) is 22.4 Å². The minimum absolute atomic E-state index is 0.774. The molecule has 0 spiro atoms. The smallest absolute Gasteiger partial charge is 0.129 e. The van der Waals surface area contributed by atoms with Crippen molar-refractivity contribution in [3.63, 3.8) is 0 Å². The monoisotopic (exact) mass is 779 g/mol. The first-order valence-corrected chi connectivity index (χ1v) is 20.6. The second kappa shape index (κ2) is 18.0. The third kappa shape index (κ3) is 8.57. The third-order valence-corrected chi connectivity index (χ3v) is 11.0. The van der Waals surface area contributed by atoms with Gasteiger partial charge in [0.1, 0.15) is 5.82 Å². The first kappa shape index (κ1) is 39.5. The maximum Gasteiger partial charge on any atom is 0.129 e. The third-order valence-electron chi connectivity index (χ3n) is 11.0. The molecule has 7 aromatic rings. The van der Waals surface area contributed by atoms with Crippen LogP contribution in [0.2, 0.25) is 0 Å². The number of rotatable bonds is 12. The van der Waals surface area contributed by atoms with Crippen molar-refractivity contribution in [1.82, 2.24) is 15.0 Å². The van der Waals surface area contributed by atoms with Crippen molar-refractivity contribution in [2.75, 3.05) is 5.32 Å². The van der Waals surface area contributed by atoms with E-state index in [0.29, 0.717) is 0 Å². The molecular formula is C55H49N5.